The van der Waals surface area contributed by atoms with Gasteiger partial charge >= 0.3 is 0 Å². The summed E-state index contributed by atoms with van der Waals surface area (Å²) in [7, 11) is 1.72. The summed E-state index contributed by atoms with van der Waals surface area (Å²) < 4.78 is 5.50. The second kappa shape index (κ2) is 10.4. The second-order valence-corrected chi connectivity index (χ2v) is 8.32. The van der Waals surface area contributed by atoms with Crippen LogP contribution in [0.5, 0.6) is 5.75 Å². The molecule has 1 atom stereocenters. The van der Waals surface area contributed by atoms with Gasteiger partial charge in [-0.25, -0.2) is 0 Å². The van der Waals surface area contributed by atoms with Gasteiger partial charge in [0.1, 0.15) is 5.75 Å². The minimum atomic E-state index is -0.0177. The molecule has 1 aromatic carbocycles. The van der Waals surface area contributed by atoms with Gasteiger partial charge in [-0.15, -0.1) is 0 Å². The number of hydrogen-bond donors (Lipinski definition) is 1. The van der Waals surface area contributed by atoms with E-state index in [1.54, 1.807) is 7.11 Å². The third-order valence-corrected chi connectivity index (χ3v) is 5.61. The lowest BCUT2D eigenvalue weighted by molar-refractivity contribution is -0.123. The number of amides is 1. The second-order valence-electron chi connectivity index (χ2n) is 8.32. The quantitative estimate of drug-likeness (QED) is 0.728. The first-order valence-corrected chi connectivity index (χ1v) is 10.6. The standard InChI is InChI=1S/C24H33N3O2/c1-18(2)16-23(28)26-24(21-9-6-7-13-25-21)19-11-14-27(15-12-19)17-20-8-4-5-10-22(20)29-3/h4-10,13,18-19,24H,11-12,14-17H2,1-3H3,(H,26,28). The highest BCUT2D eigenvalue weighted by Crippen LogP contribution is 2.31. The van der Waals surface area contributed by atoms with Gasteiger partial charge < -0.3 is 10.1 Å². The molecule has 29 heavy (non-hydrogen) atoms. The van der Waals surface area contributed by atoms with Gasteiger partial charge in [-0.05, 0) is 56.0 Å². The lowest BCUT2D eigenvalue weighted by Gasteiger charge is -2.36. The fourth-order valence-electron chi connectivity index (χ4n) is 4.12. The Morgan fingerprint density at radius 1 is 1.17 bits per heavy atom. The van der Waals surface area contributed by atoms with Crippen molar-refractivity contribution in [1.82, 2.24) is 15.2 Å². The van der Waals surface area contributed by atoms with E-state index >= 15 is 0 Å². The predicted octanol–water partition coefficient (Wildman–Crippen LogP) is 4.21. The fraction of sp³-hybridized carbons (Fsp3) is 0.500. The highest BCUT2D eigenvalue weighted by atomic mass is 16.5. The van der Waals surface area contributed by atoms with Crippen LogP contribution in [0.4, 0.5) is 0 Å². The van der Waals surface area contributed by atoms with Crippen molar-refractivity contribution in [3.63, 3.8) is 0 Å². The van der Waals surface area contributed by atoms with Crippen LogP contribution in [-0.2, 0) is 11.3 Å². The summed E-state index contributed by atoms with van der Waals surface area (Å²) in [6.07, 6.45) is 4.44. The van der Waals surface area contributed by atoms with Crippen LogP contribution in [0.3, 0.4) is 0 Å². The Balaban J connectivity index is 1.64. The number of methoxy groups -OCH3 is 1. The van der Waals surface area contributed by atoms with Crippen molar-refractivity contribution in [2.75, 3.05) is 20.2 Å². The number of carbonyl (C=O) groups is 1. The molecule has 1 fully saturated rings. The first-order chi connectivity index (χ1) is 14.1. The topological polar surface area (TPSA) is 54.5 Å². The lowest BCUT2D eigenvalue weighted by Crippen LogP contribution is -2.41. The number of hydrogen-bond acceptors (Lipinski definition) is 4. The normalized spacial score (nSPS) is 16.6. The van der Waals surface area contributed by atoms with Crippen molar-refractivity contribution in [3.8, 4) is 5.75 Å². The molecule has 1 aliphatic heterocycles. The van der Waals surface area contributed by atoms with Gasteiger partial charge in [0.25, 0.3) is 0 Å². The van der Waals surface area contributed by atoms with Gasteiger partial charge in [0.2, 0.25) is 5.91 Å². The fourth-order valence-corrected chi connectivity index (χ4v) is 4.12. The van der Waals surface area contributed by atoms with E-state index in [4.69, 9.17) is 4.74 Å². The number of likely N-dealkylation sites (tertiary alicyclic amines) is 1. The molecule has 0 aliphatic carbocycles. The summed E-state index contributed by atoms with van der Waals surface area (Å²) in [6.45, 7) is 7.06. The molecule has 2 aromatic rings. The maximum atomic E-state index is 12.5. The van der Waals surface area contributed by atoms with Crippen LogP contribution in [0.15, 0.2) is 48.7 Å². The molecule has 0 bridgehead atoms. The van der Waals surface area contributed by atoms with Crippen LogP contribution >= 0.6 is 0 Å². The Bertz CT molecular complexity index is 771. The molecule has 0 radical (unpaired) electrons. The van der Waals surface area contributed by atoms with Crippen molar-refractivity contribution < 1.29 is 9.53 Å². The van der Waals surface area contributed by atoms with E-state index in [1.807, 2.05) is 36.5 Å². The smallest absolute Gasteiger partial charge is 0.220 e. The van der Waals surface area contributed by atoms with Gasteiger partial charge in [0, 0.05) is 24.7 Å². The van der Waals surface area contributed by atoms with Crippen molar-refractivity contribution in [1.29, 1.82) is 0 Å². The molecule has 0 spiro atoms. The van der Waals surface area contributed by atoms with Crippen LogP contribution in [0.2, 0.25) is 0 Å². The van der Waals surface area contributed by atoms with E-state index in [1.165, 1.54) is 5.56 Å². The molecule has 0 saturated carbocycles. The number of piperidine rings is 1. The Kier molecular flexibility index (Phi) is 7.64. The van der Waals surface area contributed by atoms with Crippen LogP contribution in [-0.4, -0.2) is 36.0 Å². The van der Waals surface area contributed by atoms with Crippen molar-refractivity contribution in [2.45, 2.75) is 45.7 Å². The minimum absolute atomic E-state index is 0.0177. The van der Waals surface area contributed by atoms with Gasteiger partial charge in [-0.1, -0.05) is 38.1 Å². The van der Waals surface area contributed by atoms with Gasteiger partial charge in [-0.3, -0.25) is 14.7 Å². The van der Waals surface area contributed by atoms with Crippen molar-refractivity contribution in [3.05, 3.63) is 59.9 Å². The molecular formula is C24H33N3O2. The summed E-state index contributed by atoms with van der Waals surface area (Å²) in [5, 5.41) is 3.28. The van der Waals surface area contributed by atoms with E-state index in [0.29, 0.717) is 18.3 Å². The summed E-state index contributed by atoms with van der Waals surface area (Å²) in [5.41, 5.74) is 2.19. The van der Waals surface area contributed by atoms with Gasteiger partial charge in [-0.2, -0.15) is 0 Å². The van der Waals surface area contributed by atoms with Crippen LogP contribution in [0.25, 0.3) is 0 Å². The number of ether oxygens (including phenoxy) is 1. The number of carbonyl (C=O) groups excluding carboxylic acids is 1. The van der Waals surface area contributed by atoms with Crippen LogP contribution in [0, 0.1) is 11.8 Å². The van der Waals surface area contributed by atoms with Crippen LogP contribution in [0.1, 0.15) is 50.4 Å². The average molecular weight is 396 g/mol. The predicted molar refractivity (Wildman–Crippen MR) is 116 cm³/mol. The Morgan fingerprint density at radius 2 is 1.90 bits per heavy atom. The molecule has 1 saturated heterocycles. The third kappa shape index (κ3) is 6.04. The summed E-state index contributed by atoms with van der Waals surface area (Å²) in [5.74, 6) is 1.81. The van der Waals surface area contributed by atoms with Crippen molar-refractivity contribution in [2.24, 2.45) is 11.8 Å². The molecule has 156 valence electrons. The molecule has 3 rings (SSSR count). The van der Waals surface area contributed by atoms with Gasteiger partial charge in [0.05, 0.1) is 18.8 Å². The summed E-state index contributed by atoms with van der Waals surface area (Å²) >= 11 is 0. The zero-order valence-electron chi connectivity index (χ0n) is 17.8. The average Bonchev–Trinajstić information content (AvgIpc) is 2.73. The number of nitrogens with zero attached hydrogens (tertiary/aromatic N) is 2. The Morgan fingerprint density at radius 3 is 2.55 bits per heavy atom. The van der Waals surface area contributed by atoms with E-state index < -0.39 is 0 Å². The molecule has 1 aromatic heterocycles. The molecular weight excluding hydrogens is 362 g/mol. The molecule has 5 heteroatoms. The van der Waals surface area contributed by atoms with Crippen molar-refractivity contribution >= 4 is 5.91 Å². The monoisotopic (exact) mass is 395 g/mol. The Hall–Kier alpha value is -2.40. The SMILES string of the molecule is COc1ccccc1CN1CCC(C(NC(=O)CC(C)C)c2ccccn2)CC1. The molecule has 1 N–H and O–H groups in total. The van der Waals surface area contributed by atoms with Crippen LogP contribution < -0.4 is 10.1 Å². The van der Waals surface area contributed by atoms with E-state index in [0.717, 1.165) is 43.9 Å². The third-order valence-electron chi connectivity index (χ3n) is 5.61. The molecule has 1 unspecified atom stereocenters. The molecule has 2 heterocycles. The summed E-state index contributed by atoms with van der Waals surface area (Å²) in [4.78, 5) is 19.5. The van der Waals surface area contributed by atoms with E-state index in [9.17, 15) is 4.79 Å². The molecule has 1 aliphatic rings. The maximum absolute atomic E-state index is 12.5. The highest BCUT2D eigenvalue weighted by molar-refractivity contribution is 5.76. The highest BCUT2D eigenvalue weighted by Gasteiger charge is 2.30. The first-order valence-electron chi connectivity index (χ1n) is 10.6. The summed E-state index contributed by atoms with van der Waals surface area (Å²) in [6, 6.07) is 14.2. The largest absolute Gasteiger partial charge is 0.496 e. The number of rotatable bonds is 8. The number of benzene rings is 1. The zero-order valence-corrected chi connectivity index (χ0v) is 17.8. The molecule has 5 nitrogen and oxygen atoms in total. The van der Waals surface area contributed by atoms with E-state index in [2.05, 4.69) is 41.2 Å². The first kappa shape index (κ1) is 21.3. The van der Waals surface area contributed by atoms with Gasteiger partial charge in [0.15, 0.2) is 0 Å². The zero-order chi connectivity index (χ0) is 20.6. The minimum Gasteiger partial charge on any atom is -0.496 e. The number of pyridine rings is 1. The number of aromatic nitrogens is 1. The number of nitrogens with one attached hydrogen (secondary N) is 1. The number of para-hydroxylation sites is 1. The maximum Gasteiger partial charge on any atom is 0.220 e. The Labute approximate surface area is 174 Å². The molecule has 1 amide bonds. The van der Waals surface area contributed by atoms with E-state index in [-0.39, 0.29) is 11.9 Å². The lowest BCUT2D eigenvalue weighted by atomic mass is 9.87.